The molecule has 0 aromatic rings. The van der Waals surface area contributed by atoms with Crippen molar-refractivity contribution in [3.05, 3.63) is 34.9 Å². The van der Waals surface area contributed by atoms with Gasteiger partial charge in [-0.3, -0.25) is 0 Å². The summed E-state index contributed by atoms with van der Waals surface area (Å²) in [6.45, 7) is 9.13. The van der Waals surface area contributed by atoms with Gasteiger partial charge in [0, 0.05) is 10.2 Å². The lowest BCUT2D eigenvalue weighted by Gasteiger charge is -2.54. The van der Waals surface area contributed by atoms with Crippen molar-refractivity contribution in [2.45, 2.75) is 44.4 Å². The molecule has 2 aliphatic rings. The Bertz CT molecular complexity index is 390. The van der Waals surface area contributed by atoms with E-state index in [1.54, 1.807) is 0 Å². The summed E-state index contributed by atoms with van der Waals surface area (Å²) in [6.07, 6.45) is 9.37. The van der Waals surface area contributed by atoms with Crippen LogP contribution in [0, 0.1) is 10.8 Å². The predicted octanol–water partition coefficient (Wildman–Crippen LogP) is 5.74. The number of hydrogen-bond acceptors (Lipinski definition) is 0. The largest absolute Gasteiger partial charge is 0.0990 e. The number of allylic oxidation sites excluding steroid dienone is 4. The van der Waals surface area contributed by atoms with E-state index in [-0.39, 0.29) is 10.8 Å². The molecule has 0 heterocycles. The van der Waals surface area contributed by atoms with Crippen LogP contribution in [0.5, 0.6) is 0 Å². The van der Waals surface area contributed by atoms with Crippen molar-refractivity contribution in [2.24, 2.45) is 10.8 Å². The highest BCUT2D eigenvalue weighted by Gasteiger charge is 2.51. The Labute approximate surface area is 122 Å². The van der Waals surface area contributed by atoms with Crippen LogP contribution in [-0.2, 0) is 0 Å². The predicted molar refractivity (Wildman–Crippen MR) is 82.7 cm³/mol. The van der Waals surface area contributed by atoms with Crippen LogP contribution in [-0.4, -0.2) is 4.83 Å². The smallest absolute Gasteiger partial charge is 0.0211 e. The standard InChI is InChI=1S/C15H20Br2/c1-11-4-5-13(17)14(2,3)15(11)8-6-12(10-16)7-9-15/h6,8,10,13H,1,4-5,7,9H2,2-3H3/b12-10-/t13-,15-/m1/s1. The molecule has 0 radical (unpaired) electrons. The monoisotopic (exact) mass is 358 g/mol. The molecule has 94 valence electrons. The van der Waals surface area contributed by atoms with Gasteiger partial charge >= 0.3 is 0 Å². The molecule has 1 saturated carbocycles. The minimum absolute atomic E-state index is 0.179. The van der Waals surface area contributed by atoms with E-state index >= 15 is 0 Å². The van der Waals surface area contributed by atoms with Crippen molar-refractivity contribution in [2.75, 3.05) is 0 Å². The zero-order chi connectivity index (χ0) is 12.7. The van der Waals surface area contributed by atoms with Crippen LogP contribution >= 0.6 is 31.9 Å². The zero-order valence-electron chi connectivity index (χ0n) is 10.6. The summed E-state index contributed by atoms with van der Waals surface area (Å²) in [7, 11) is 0. The maximum atomic E-state index is 4.37. The molecule has 2 atom stereocenters. The number of alkyl halides is 1. The first kappa shape index (κ1) is 13.6. The summed E-state index contributed by atoms with van der Waals surface area (Å²) in [4.78, 5) is 2.63. The first-order valence-electron chi connectivity index (χ1n) is 6.25. The fourth-order valence-corrected chi connectivity index (χ4v) is 4.32. The molecule has 1 spiro atoms. The quantitative estimate of drug-likeness (QED) is 0.382. The Morgan fingerprint density at radius 2 is 2.12 bits per heavy atom. The Kier molecular flexibility index (Phi) is 3.76. The molecule has 0 aromatic heterocycles. The van der Waals surface area contributed by atoms with E-state index in [9.17, 15) is 0 Å². The van der Waals surface area contributed by atoms with Crippen molar-refractivity contribution in [1.29, 1.82) is 0 Å². The molecule has 2 heteroatoms. The van der Waals surface area contributed by atoms with Gasteiger partial charge in [0.2, 0.25) is 0 Å². The van der Waals surface area contributed by atoms with Crippen molar-refractivity contribution in [1.82, 2.24) is 0 Å². The van der Waals surface area contributed by atoms with Crippen molar-refractivity contribution >= 4 is 31.9 Å². The number of halogens is 2. The molecule has 0 aliphatic heterocycles. The Morgan fingerprint density at radius 3 is 2.65 bits per heavy atom. The van der Waals surface area contributed by atoms with Crippen LogP contribution in [0.1, 0.15) is 39.5 Å². The van der Waals surface area contributed by atoms with Crippen LogP contribution in [0.4, 0.5) is 0 Å². The van der Waals surface area contributed by atoms with Crippen molar-refractivity contribution < 1.29 is 0 Å². The van der Waals surface area contributed by atoms with E-state index < -0.39 is 0 Å². The Hall–Kier alpha value is 0.180. The topological polar surface area (TPSA) is 0 Å². The van der Waals surface area contributed by atoms with Gasteiger partial charge in [0.15, 0.2) is 0 Å². The third-order valence-corrected chi connectivity index (χ3v) is 6.98. The molecular weight excluding hydrogens is 340 g/mol. The fraction of sp³-hybridized carbons (Fsp3) is 0.600. The zero-order valence-corrected chi connectivity index (χ0v) is 13.8. The van der Waals surface area contributed by atoms with E-state index in [0.29, 0.717) is 4.83 Å². The average molecular weight is 360 g/mol. The second-order valence-corrected chi connectivity index (χ2v) is 7.38. The Morgan fingerprint density at radius 1 is 1.41 bits per heavy atom. The lowest BCUT2D eigenvalue weighted by molar-refractivity contribution is 0.115. The van der Waals surface area contributed by atoms with E-state index in [0.717, 1.165) is 12.8 Å². The summed E-state index contributed by atoms with van der Waals surface area (Å²) < 4.78 is 0. The molecule has 0 nitrogen and oxygen atoms in total. The summed E-state index contributed by atoms with van der Waals surface area (Å²) in [5.41, 5.74) is 3.23. The van der Waals surface area contributed by atoms with Gasteiger partial charge in [0.05, 0.1) is 0 Å². The molecule has 17 heavy (non-hydrogen) atoms. The molecule has 2 aliphatic carbocycles. The van der Waals surface area contributed by atoms with Crippen molar-refractivity contribution in [3.63, 3.8) is 0 Å². The summed E-state index contributed by atoms with van der Waals surface area (Å²) >= 11 is 7.32. The second-order valence-electron chi connectivity index (χ2n) is 5.82. The number of hydrogen-bond donors (Lipinski definition) is 0. The highest BCUT2D eigenvalue weighted by molar-refractivity contribution is 9.11. The minimum Gasteiger partial charge on any atom is -0.0990 e. The number of rotatable bonds is 0. The van der Waals surface area contributed by atoms with E-state index in [1.807, 2.05) is 4.99 Å². The fourth-order valence-electron chi connectivity index (χ4n) is 3.30. The van der Waals surface area contributed by atoms with Gasteiger partial charge in [-0.15, -0.1) is 0 Å². The maximum absolute atomic E-state index is 4.37. The van der Waals surface area contributed by atoms with Gasteiger partial charge in [0.25, 0.3) is 0 Å². The lowest BCUT2D eigenvalue weighted by atomic mass is 9.52. The molecular formula is C15H20Br2. The molecule has 1 fully saturated rings. The lowest BCUT2D eigenvalue weighted by Crippen LogP contribution is -2.47. The van der Waals surface area contributed by atoms with E-state index in [2.05, 4.69) is 64.4 Å². The van der Waals surface area contributed by atoms with Gasteiger partial charge in [-0.2, -0.15) is 0 Å². The highest BCUT2D eigenvalue weighted by Crippen LogP contribution is 2.60. The third-order valence-electron chi connectivity index (χ3n) is 4.79. The van der Waals surface area contributed by atoms with Crippen molar-refractivity contribution in [3.8, 4) is 0 Å². The van der Waals surface area contributed by atoms with Crippen LogP contribution in [0.2, 0.25) is 0 Å². The van der Waals surface area contributed by atoms with Crippen LogP contribution in [0.3, 0.4) is 0 Å². The highest BCUT2D eigenvalue weighted by atomic mass is 79.9. The van der Waals surface area contributed by atoms with Gasteiger partial charge in [-0.25, -0.2) is 0 Å². The van der Waals surface area contributed by atoms with E-state index in [1.165, 1.54) is 24.0 Å². The normalized spacial score (nSPS) is 38.9. The second kappa shape index (κ2) is 4.70. The van der Waals surface area contributed by atoms with Gasteiger partial charge in [-0.05, 0) is 41.7 Å². The first-order chi connectivity index (χ1) is 7.94. The SMILES string of the molecule is C=C1CC[C@@H](Br)C(C)(C)[C@@]12C=C/C(=C/Br)CC2. The molecule has 0 amide bonds. The van der Waals surface area contributed by atoms with Crippen LogP contribution in [0.25, 0.3) is 0 Å². The Balaban J connectivity index is 2.43. The molecule has 0 unspecified atom stereocenters. The minimum atomic E-state index is 0.179. The average Bonchev–Trinajstić information content (AvgIpc) is 2.33. The maximum Gasteiger partial charge on any atom is 0.0211 e. The summed E-state index contributed by atoms with van der Waals surface area (Å²) in [5, 5.41) is 0. The van der Waals surface area contributed by atoms with Crippen LogP contribution in [0.15, 0.2) is 34.9 Å². The van der Waals surface area contributed by atoms with Gasteiger partial charge in [-0.1, -0.05) is 70.0 Å². The first-order valence-corrected chi connectivity index (χ1v) is 8.08. The van der Waals surface area contributed by atoms with Crippen LogP contribution < -0.4 is 0 Å². The van der Waals surface area contributed by atoms with Gasteiger partial charge in [0.1, 0.15) is 0 Å². The summed E-state index contributed by atoms with van der Waals surface area (Å²) in [6, 6.07) is 0. The molecule has 0 saturated heterocycles. The van der Waals surface area contributed by atoms with E-state index in [4.69, 9.17) is 0 Å². The molecule has 0 aromatic carbocycles. The van der Waals surface area contributed by atoms with Gasteiger partial charge < -0.3 is 0 Å². The summed E-state index contributed by atoms with van der Waals surface area (Å²) in [5.74, 6) is 0. The molecule has 0 bridgehead atoms. The third kappa shape index (κ3) is 2.02. The molecule has 2 rings (SSSR count). The molecule has 0 N–H and O–H groups in total.